The van der Waals surface area contributed by atoms with Crippen molar-refractivity contribution in [2.45, 2.75) is 13.6 Å². The van der Waals surface area contributed by atoms with E-state index < -0.39 is 0 Å². The molecule has 5 heteroatoms. The zero-order valence-corrected chi connectivity index (χ0v) is 16.3. The molecule has 0 N–H and O–H groups in total. The standard InChI is InChI=1S/C23H26N4O/c1-19-21-11-5-6-12-22(21)23(28)27(24-19)18-26-16-14-25(15-17-26)13-7-10-20-8-3-2-4-9-20/h2-12H,13-18H2,1H3/b10-7+. The van der Waals surface area contributed by atoms with Crippen LogP contribution in [0.3, 0.4) is 0 Å². The monoisotopic (exact) mass is 374 g/mol. The Hall–Kier alpha value is -2.76. The van der Waals surface area contributed by atoms with E-state index in [1.165, 1.54) is 5.56 Å². The lowest BCUT2D eigenvalue weighted by Gasteiger charge is -2.34. The quantitative estimate of drug-likeness (QED) is 0.688. The molecule has 4 rings (SSSR count). The van der Waals surface area contributed by atoms with Crippen molar-refractivity contribution in [1.82, 2.24) is 19.6 Å². The van der Waals surface area contributed by atoms with Gasteiger partial charge in [-0.2, -0.15) is 5.10 Å². The second-order valence-corrected chi connectivity index (χ2v) is 7.31. The van der Waals surface area contributed by atoms with E-state index in [0.717, 1.165) is 49.2 Å². The average Bonchev–Trinajstić information content (AvgIpc) is 2.74. The molecule has 0 spiro atoms. The van der Waals surface area contributed by atoms with Crippen molar-refractivity contribution in [1.29, 1.82) is 0 Å². The molecule has 1 fully saturated rings. The van der Waals surface area contributed by atoms with Crippen LogP contribution in [0, 0.1) is 6.92 Å². The summed E-state index contributed by atoms with van der Waals surface area (Å²) in [6.07, 6.45) is 4.40. The highest BCUT2D eigenvalue weighted by Gasteiger charge is 2.17. The lowest BCUT2D eigenvalue weighted by molar-refractivity contribution is 0.109. The first-order valence-corrected chi connectivity index (χ1v) is 9.83. The van der Waals surface area contributed by atoms with Crippen LogP contribution in [0.15, 0.2) is 65.5 Å². The Morgan fingerprint density at radius 3 is 2.29 bits per heavy atom. The van der Waals surface area contributed by atoms with E-state index in [9.17, 15) is 4.79 Å². The number of benzene rings is 2. The minimum atomic E-state index is -0.00516. The van der Waals surface area contributed by atoms with Crippen molar-refractivity contribution in [3.63, 3.8) is 0 Å². The minimum Gasteiger partial charge on any atom is -0.297 e. The lowest BCUT2D eigenvalue weighted by Crippen LogP contribution is -2.48. The summed E-state index contributed by atoms with van der Waals surface area (Å²) in [4.78, 5) is 17.5. The van der Waals surface area contributed by atoms with Gasteiger partial charge in [-0.3, -0.25) is 14.6 Å². The number of piperazine rings is 1. The van der Waals surface area contributed by atoms with Crippen molar-refractivity contribution in [2.75, 3.05) is 32.7 Å². The molecular formula is C23H26N4O. The number of aryl methyl sites for hydroxylation is 1. The highest BCUT2D eigenvalue weighted by atomic mass is 16.1. The van der Waals surface area contributed by atoms with Gasteiger partial charge in [0.05, 0.1) is 17.7 Å². The Morgan fingerprint density at radius 1 is 0.893 bits per heavy atom. The zero-order valence-electron chi connectivity index (χ0n) is 16.3. The summed E-state index contributed by atoms with van der Waals surface area (Å²) in [5, 5.41) is 6.23. The van der Waals surface area contributed by atoms with Crippen LogP contribution in [-0.4, -0.2) is 52.3 Å². The Bertz CT molecular complexity index is 1020. The Labute approximate surface area is 165 Å². The highest BCUT2D eigenvalue weighted by molar-refractivity contribution is 5.83. The summed E-state index contributed by atoms with van der Waals surface area (Å²) in [6.45, 7) is 7.36. The maximum Gasteiger partial charge on any atom is 0.275 e. The van der Waals surface area contributed by atoms with Crippen LogP contribution in [0.1, 0.15) is 11.3 Å². The molecule has 0 radical (unpaired) electrons. The molecule has 0 aliphatic carbocycles. The van der Waals surface area contributed by atoms with Gasteiger partial charge < -0.3 is 0 Å². The molecule has 2 aromatic carbocycles. The topological polar surface area (TPSA) is 41.4 Å². The van der Waals surface area contributed by atoms with Gasteiger partial charge in [0.15, 0.2) is 0 Å². The summed E-state index contributed by atoms with van der Waals surface area (Å²) in [6, 6.07) is 18.1. The Balaban J connectivity index is 1.35. The molecule has 0 atom stereocenters. The van der Waals surface area contributed by atoms with E-state index in [4.69, 9.17) is 0 Å². The molecule has 0 unspecified atom stereocenters. The van der Waals surface area contributed by atoms with E-state index in [0.29, 0.717) is 6.67 Å². The lowest BCUT2D eigenvalue weighted by atomic mass is 10.1. The molecule has 0 bridgehead atoms. The van der Waals surface area contributed by atoms with Gasteiger partial charge in [-0.1, -0.05) is 60.7 Å². The van der Waals surface area contributed by atoms with Crippen LogP contribution in [0.2, 0.25) is 0 Å². The number of rotatable bonds is 5. The maximum absolute atomic E-state index is 12.7. The van der Waals surface area contributed by atoms with Gasteiger partial charge in [0.1, 0.15) is 0 Å². The van der Waals surface area contributed by atoms with Crippen LogP contribution in [-0.2, 0) is 6.67 Å². The van der Waals surface area contributed by atoms with Gasteiger partial charge >= 0.3 is 0 Å². The summed E-state index contributed by atoms with van der Waals surface area (Å²) in [5.74, 6) is 0. The third-order valence-corrected chi connectivity index (χ3v) is 5.32. The highest BCUT2D eigenvalue weighted by Crippen LogP contribution is 2.12. The summed E-state index contributed by atoms with van der Waals surface area (Å²) in [5.41, 5.74) is 2.13. The second kappa shape index (κ2) is 8.50. The first-order chi connectivity index (χ1) is 13.7. The fourth-order valence-corrected chi connectivity index (χ4v) is 3.71. The molecule has 2 heterocycles. The number of hydrogen-bond donors (Lipinski definition) is 0. The van der Waals surface area contributed by atoms with Gasteiger partial charge in [-0.15, -0.1) is 0 Å². The van der Waals surface area contributed by atoms with E-state index in [1.54, 1.807) is 4.68 Å². The van der Waals surface area contributed by atoms with Crippen molar-refractivity contribution in [3.05, 3.63) is 82.3 Å². The van der Waals surface area contributed by atoms with E-state index >= 15 is 0 Å². The Kier molecular flexibility index (Phi) is 5.65. The smallest absolute Gasteiger partial charge is 0.275 e. The van der Waals surface area contributed by atoms with Crippen molar-refractivity contribution < 1.29 is 0 Å². The van der Waals surface area contributed by atoms with E-state index in [-0.39, 0.29) is 5.56 Å². The van der Waals surface area contributed by atoms with Crippen molar-refractivity contribution in [2.24, 2.45) is 0 Å². The van der Waals surface area contributed by atoms with Crippen LogP contribution >= 0.6 is 0 Å². The number of hydrogen-bond acceptors (Lipinski definition) is 4. The fourth-order valence-electron chi connectivity index (χ4n) is 3.71. The van der Waals surface area contributed by atoms with Crippen LogP contribution in [0.25, 0.3) is 16.8 Å². The first-order valence-electron chi connectivity index (χ1n) is 9.83. The van der Waals surface area contributed by atoms with Gasteiger partial charge in [-0.25, -0.2) is 4.68 Å². The predicted octanol–water partition coefficient (Wildman–Crippen LogP) is 2.99. The molecule has 1 aromatic heterocycles. The summed E-state index contributed by atoms with van der Waals surface area (Å²) in [7, 11) is 0. The summed E-state index contributed by atoms with van der Waals surface area (Å²) < 4.78 is 1.61. The third-order valence-electron chi connectivity index (χ3n) is 5.32. The van der Waals surface area contributed by atoms with Gasteiger partial charge in [0.25, 0.3) is 5.56 Å². The third kappa shape index (κ3) is 4.21. The molecule has 3 aromatic rings. The second-order valence-electron chi connectivity index (χ2n) is 7.31. The Morgan fingerprint density at radius 2 is 1.54 bits per heavy atom. The minimum absolute atomic E-state index is 0.00516. The number of fused-ring (bicyclic) bond motifs is 1. The molecule has 0 saturated carbocycles. The first kappa shape index (κ1) is 18.6. The summed E-state index contributed by atoms with van der Waals surface area (Å²) >= 11 is 0. The largest absolute Gasteiger partial charge is 0.297 e. The van der Waals surface area contributed by atoms with Crippen LogP contribution in [0.4, 0.5) is 0 Å². The van der Waals surface area contributed by atoms with Crippen molar-refractivity contribution in [3.8, 4) is 0 Å². The van der Waals surface area contributed by atoms with Gasteiger partial charge in [0, 0.05) is 38.1 Å². The average molecular weight is 374 g/mol. The number of nitrogens with zero attached hydrogens (tertiary/aromatic N) is 4. The number of aromatic nitrogens is 2. The molecule has 1 aliphatic rings. The maximum atomic E-state index is 12.7. The fraction of sp³-hybridized carbons (Fsp3) is 0.304. The molecule has 28 heavy (non-hydrogen) atoms. The normalized spacial score (nSPS) is 16.2. The molecule has 1 saturated heterocycles. The van der Waals surface area contributed by atoms with Gasteiger partial charge in [0.2, 0.25) is 0 Å². The van der Waals surface area contributed by atoms with Crippen molar-refractivity contribution >= 4 is 16.8 Å². The van der Waals surface area contributed by atoms with E-state index in [1.807, 2.05) is 37.3 Å². The molecule has 1 aliphatic heterocycles. The molecule has 5 nitrogen and oxygen atoms in total. The SMILES string of the molecule is Cc1nn(CN2CCN(C/C=C/c3ccccc3)CC2)c(=O)c2ccccc12. The zero-order chi connectivity index (χ0) is 19.3. The van der Waals surface area contributed by atoms with Gasteiger partial charge in [-0.05, 0) is 18.6 Å². The molecule has 144 valence electrons. The van der Waals surface area contributed by atoms with Crippen LogP contribution in [0.5, 0.6) is 0 Å². The van der Waals surface area contributed by atoms with E-state index in [2.05, 4.69) is 51.3 Å². The molecular weight excluding hydrogens is 348 g/mol. The van der Waals surface area contributed by atoms with Crippen LogP contribution < -0.4 is 5.56 Å². The molecule has 0 amide bonds. The predicted molar refractivity (Wildman–Crippen MR) is 114 cm³/mol.